The smallest absolute Gasteiger partial charge is 0.318 e. The van der Waals surface area contributed by atoms with Gasteiger partial charge in [0.15, 0.2) is 0 Å². The highest BCUT2D eigenvalue weighted by Crippen LogP contribution is 2.22. The summed E-state index contributed by atoms with van der Waals surface area (Å²) in [6, 6.07) is 9.51. The SMILES string of the molecule is O=C(N=c1c(Cl)cn(O)cc1Cl)C(=O)c1cn(Cc2ccccc2F)c2ncccc12. The molecule has 10 heteroatoms. The zero-order valence-electron chi connectivity index (χ0n) is 15.7. The van der Waals surface area contributed by atoms with Crippen molar-refractivity contribution in [2.24, 2.45) is 4.99 Å². The molecule has 3 heterocycles. The molecule has 0 radical (unpaired) electrons. The predicted octanol–water partition coefficient (Wildman–Crippen LogP) is 3.88. The molecule has 4 rings (SSSR count). The first kappa shape index (κ1) is 20.8. The van der Waals surface area contributed by atoms with E-state index < -0.39 is 17.5 Å². The summed E-state index contributed by atoms with van der Waals surface area (Å²) in [6.45, 7) is 0.117. The normalized spacial score (nSPS) is 10.9. The summed E-state index contributed by atoms with van der Waals surface area (Å²) in [5, 5.41) is 9.48. The Hall–Kier alpha value is -3.49. The van der Waals surface area contributed by atoms with Crippen molar-refractivity contribution < 1.29 is 19.2 Å². The van der Waals surface area contributed by atoms with Crippen molar-refractivity contribution in [3.05, 3.63) is 93.5 Å². The van der Waals surface area contributed by atoms with Gasteiger partial charge in [0.05, 0.1) is 34.5 Å². The van der Waals surface area contributed by atoms with Crippen molar-refractivity contribution in [3.8, 4) is 0 Å². The molecule has 0 aliphatic heterocycles. The standard InChI is InChI=1S/C21H13Cl2FN4O3/c22-15-10-28(31)11-16(23)18(15)26-21(30)19(29)14-9-27(20-13(14)5-3-7-25-20)8-12-4-1-2-6-17(12)24/h1-7,9-11,31H,8H2. The molecule has 31 heavy (non-hydrogen) atoms. The molecular formula is C21H13Cl2FN4O3. The van der Waals surface area contributed by atoms with Gasteiger partial charge in [0.1, 0.15) is 16.8 Å². The molecular weight excluding hydrogens is 446 g/mol. The maximum atomic E-state index is 14.1. The quantitative estimate of drug-likeness (QED) is 0.285. The van der Waals surface area contributed by atoms with Gasteiger partial charge in [0, 0.05) is 23.3 Å². The monoisotopic (exact) mass is 458 g/mol. The van der Waals surface area contributed by atoms with Crippen molar-refractivity contribution in [1.82, 2.24) is 14.3 Å². The van der Waals surface area contributed by atoms with E-state index in [-0.39, 0.29) is 27.5 Å². The minimum Gasteiger partial charge on any atom is -0.429 e. The Bertz CT molecular complexity index is 1390. The first-order valence-corrected chi connectivity index (χ1v) is 9.68. The van der Waals surface area contributed by atoms with Crippen LogP contribution in [0.15, 0.2) is 66.2 Å². The van der Waals surface area contributed by atoms with Gasteiger partial charge in [-0.1, -0.05) is 41.4 Å². The van der Waals surface area contributed by atoms with Crippen molar-refractivity contribution in [3.63, 3.8) is 0 Å². The van der Waals surface area contributed by atoms with Gasteiger partial charge in [-0.3, -0.25) is 9.59 Å². The highest BCUT2D eigenvalue weighted by molar-refractivity contribution is 6.45. The van der Waals surface area contributed by atoms with E-state index >= 15 is 0 Å². The van der Waals surface area contributed by atoms with Gasteiger partial charge in [0.25, 0.3) is 5.78 Å². The molecule has 0 saturated carbocycles. The average Bonchev–Trinajstić information content (AvgIpc) is 3.10. The topological polar surface area (TPSA) is 89.5 Å². The van der Waals surface area contributed by atoms with Crippen LogP contribution in [-0.2, 0) is 11.3 Å². The maximum absolute atomic E-state index is 14.1. The molecule has 156 valence electrons. The number of fused-ring (bicyclic) bond motifs is 1. The Labute approximate surface area is 184 Å². The number of amides is 1. The largest absolute Gasteiger partial charge is 0.429 e. The molecule has 0 aliphatic carbocycles. The van der Waals surface area contributed by atoms with Crippen LogP contribution in [0.2, 0.25) is 10.0 Å². The van der Waals surface area contributed by atoms with E-state index in [1.54, 1.807) is 34.9 Å². The highest BCUT2D eigenvalue weighted by Gasteiger charge is 2.22. The summed E-state index contributed by atoms with van der Waals surface area (Å²) >= 11 is 11.9. The zero-order chi connectivity index (χ0) is 22.1. The first-order chi connectivity index (χ1) is 14.8. The van der Waals surface area contributed by atoms with Crippen LogP contribution in [0, 0.1) is 5.82 Å². The molecule has 0 spiro atoms. The third kappa shape index (κ3) is 4.08. The van der Waals surface area contributed by atoms with Crippen LogP contribution in [0.5, 0.6) is 0 Å². The Morgan fingerprint density at radius 3 is 2.48 bits per heavy atom. The number of Topliss-reactive ketones (excluding diaryl/α,β-unsaturated/α-hetero) is 1. The third-order valence-corrected chi connectivity index (χ3v) is 5.08. The molecule has 0 fully saturated rings. The van der Waals surface area contributed by atoms with Crippen molar-refractivity contribution in [2.75, 3.05) is 0 Å². The molecule has 7 nitrogen and oxygen atoms in total. The number of aromatic nitrogens is 3. The summed E-state index contributed by atoms with van der Waals surface area (Å²) in [5.41, 5.74) is 0.882. The molecule has 4 aromatic rings. The van der Waals surface area contributed by atoms with E-state index in [0.29, 0.717) is 21.3 Å². The van der Waals surface area contributed by atoms with Gasteiger partial charge in [0.2, 0.25) is 0 Å². The van der Waals surface area contributed by atoms with Crippen LogP contribution in [0.4, 0.5) is 4.39 Å². The fourth-order valence-corrected chi connectivity index (χ4v) is 3.65. The maximum Gasteiger partial charge on any atom is 0.318 e. The van der Waals surface area contributed by atoms with Crippen LogP contribution in [-0.4, -0.2) is 31.2 Å². The van der Waals surface area contributed by atoms with E-state index in [1.807, 2.05) is 0 Å². The second-order valence-electron chi connectivity index (χ2n) is 6.57. The fourth-order valence-electron chi connectivity index (χ4n) is 3.11. The molecule has 0 saturated heterocycles. The van der Waals surface area contributed by atoms with Gasteiger partial charge in [-0.25, -0.2) is 14.4 Å². The molecule has 1 aromatic carbocycles. The lowest BCUT2D eigenvalue weighted by molar-refractivity contribution is -0.114. The second kappa shape index (κ2) is 8.33. The Morgan fingerprint density at radius 1 is 1.06 bits per heavy atom. The highest BCUT2D eigenvalue weighted by atomic mass is 35.5. The number of halogens is 3. The van der Waals surface area contributed by atoms with Crippen molar-refractivity contribution in [2.45, 2.75) is 6.54 Å². The van der Waals surface area contributed by atoms with Gasteiger partial charge in [-0.05, 0) is 18.2 Å². The van der Waals surface area contributed by atoms with Crippen LogP contribution in [0.25, 0.3) is 11.0 Å². The van der Waals surface area contributed by atoms with Crippen molar-refractivity contribution in [1.29, 1.82) is 0 Å². The van der Waals surface area contributed by atoms with Crippen LogP contribution < -0.4 is 5.36 Å². The van der Waals surface area contributed by atoms with Crippen LogP contribution in [0.1, 0.15) is 15.9 Å². The minimum absolute atomic E-state index is 0.0635. The number of hydrogen-bond acceptors (Lipinski definition) is 4. The lowest BCUT2D eigenvalue weighted by atomic mass is 10.1. The lowest BCUT2D eigenvalue weighted by Gasteiger charge is -2.05. The molecule has 0 bridgehead atoms. The Balaban J connectivity index is 1.76. The van der Waals surface area contributed by atoms with Gasteiger partial charge < -0.3 is 9.77 Å². The molecule has 0 atom stereocenters. The number of rotatable bonds is 4. The zero-order valence-corrected chi connectivity index (χ0v) is 17.2. The Kier molecular flexibility index (Phi) is 5.58. The van der Waals surface area contributed by atoms with E-state index in [0.717, 1.165) is 12.4 Å². The van der Waals surface area contributed by atoms with E-state index in [9.17, 15) is 19.2 Å². The minimum atomic E-state index is -1.10. The molecule has 1 N–H and O–H groups in total. The number of carbonyl (C=O) groups excluding carboxylic acids is 2. The lowest BCUT2D eigenvalue weighted by Crippen LogP contribution is -2.18. The van der Waals surface area contributed by atoms with Gasteiger partial charge in [-0.15, -0.1) is 0 Å². The molecule has 0 unspecified atom stereocenters. The van der Waals surface area contributed by atoms with E-state index in [1.165, 1.54) is 18.5 Å². The van der Waals surface area contributed by atoms with Gasteiger partial charge >= 0.3 is 5.91 Å². The second-order valence-corrected chi connectivity index (χ2v) is 7.38. The molecule has 1 amide bonds. The first-order valence-electron chi connectivity index (χ1n) is 8.92. The number of hydrogen-bond donors (Lipinski definition) is 1. The number of nitrogens with zero attached hydrogens (tertiary/aromatic N) is 4. The van der Waals surface area contributed by atoms with Crippen LogP contribution in [0.3, 0.4) is 0 Å². The summed E-state index contributed by atoms with van der Waals surface area (Å²) < 4.78 is 16.3. The third-order valence-electron chi connectivity index (χ3n) is 4.53. The number of ketones is 1. The number of benzene rings is 1. The van der Waals surface area contributed by atoms with Crippen LogP contribution >= 0.6 is 23.2 Å². The average molecular weight is 459 g/mol. The molecule has 0 aliphatic rings. The van der Waals surface area contributed by atoms with Crippen molar-refractivity contribution >= 4 is 45.9 Å². The molecule has 3 aromatic heterocycles. The van der Waals surface area contributed by atoms with Gasteiger partial charge in [-0.2, -0.15) is 4.73 Å². The fraction of sp³-hybridized carbons (Fsp3) is 0.0476. The number of pyridine rings is 2. The Morgan fingerprint density at radius 2 is 1.77 bits per heavy atom. The summed E-state index contributed by atoms with van der Waals surface area (Å²) in [5.74, 6) is -2.40. The van der Waals surface area contributed by atoms with E-state index in [2.05, 4.69) is 9.98 Å². The summed E-state index contributed by atoms with van der Waals surface area (Å²) in [4.78, 5) is 33.4. The summed E-state index contributed by atoms with van der Waals surface area (Å²) in [6.07, 6.45) is 5.13. The number of carbonyl (C=O) groups is 2. The predicted molar refractivity (Wildman–Crippen MR) is 112 cm³/mol. The van der Waals surface area contributed by atoms with E-state index in [4.69, 9.17) is 23.2 Å². The summed E-state index contributed by atoms with van der Waals surface area (Å²) in [7, 11) is 0.